The van der Waals surface area contributed by atoms with Crippen LogP contribution in [0.15, 0.2) is 18.2 Å². The number of nitrogens with one attached hydrogen (secondary N) is 2. The van der Waals surface area contributed by atoms with E-state index in [-0.39, 0.29) is 0 Å². The zero-order valence-electron chi connectivity index (χ0n) is 11.3. The van der Waals surface area contributed by atoms with Crippen molar-refractivity contribution in [2.24, 2.45) is 0 Å². The van der Waals surface area contributed by atoms with Gasteiger partial charge in [-0.2, -0.15) is 0 Å². The van der Waals surface area contributed by atoms with Crippen LogP contribution in [-0.2, 0) is 20.4 Å². The van der Waals surface area contributed by atoms with Gasteiger partial charge < -0.3 is 5.32 Å². The van der Waals surface area contributed by atoms with E-state index < -0.39 is 27.2 Å². The molecule has 20 heavy (non-hydrogen) atoms. The smallest absolute Gasteiger partial charge is 0.237 e. The van der Waals surface area contributed by atoms with Crippen LogP contribution in [0.25, 0.3) is 0 Å². The van der Waals surface area contributed by atoms with Crippen molar-refractivity contribution in [1.29, 1.82) is 0 Å². The van der Waals surface area contributed by atoms with Gasteiger partial charge in [0.2, 0.25) is 15.9 Å². The second-order valence-electron chi connectivity index (χ2n) is 4.73. The molecule has 1 amide bonds. The van der Waals surface area contributed by atoms with E-state index in [0.29, 0.717) is 15.6 Å². The minimum Gasteiger partial charge on any atom is -0.346 e. The van der Waals surface area contributed by atoms with Gasteiger partial charge in [-0.15, -0.1) is 0 Å². The van der Waals surface area contributed by atoms with Gasteiger partial charge >= 0.3 is 0 Å². The lowest BCUT2D eigenvalue weighted by Gasteiger charge is -2.28. The highest BCUT2D eigenvalue weighted by atomic mass is 35.5. The van der Waals surface area contributed by atoms with Crippen LogP contribution in [0, 0.1) is 0 Å². The van der Waals surface area contributed by atoms with Gasteiger partial charge in [-0.25, -0.2) is 13.1 Å². The molecule has 0 aliphatic rings. The Morgan fingerprint density at radius 3 is 2.20 bits per heavy atom. The van der Waals surface area contributed by atoms with Crippen molar-refractivity contribution in [3.8, 4) is 0 Å². The summed E-state index contributed by atoms with van der Waals surface area (Å²) in [5.41, 5.74) is -0.353. The highest BCUT2D eigenvalue weighted by molar-refractivity contribution is 7.90. The molecule has 0 atom stereocenters. The molecule has 1 rings (SSSR count). The van der Waals surface area contributed by atoms with E-state index in [1.807, 2.05) is 0 Å². The largest absolute Gasteiger partial charge is 0.346 e. The van der Waals surface area contributed by atoms with Crippen LogP contribution >= 0.6 is 23.2 Å². The van der Waals surface area contributed by atoms with Crippen LogP contribution in [0.5, 0.6) is 0 Å². The van der Waals surface area contributed by atoms with Gasteiger partial charge in [-0.1, -0.05) is 29.3 Å². The maximum Gasteiger partial charge on any atom is 0.237 e. The van der Waals surface area contributed by atoms with Crippen LogP contribution < -0.4 is 10.0 Å². The predicted octanol–water partition coefficient (Wildman–Crippen LogP) is 1.89. The molecule has 0 heterocycles. The lowest BCUT2D eigenvalue weighted by atomic mass is 9.94. The number of carbonyl (C=O) groups excluding carboxylic acids is 1. The minimum atomic E-state index is -3.62. The molecule has 0 fully saturated rings. The molecule has 0 bridgehead atoms. The lowest BCUT2D eigenvalue weighted by molar-refractivity contribution is -0.120. The Bertz CT molecular complexity index is 595. The molecule has 0 unspecified atom stereocenters. The quantitative estimate of drug-likeness (QED) is 0.860. The van der Waals surface area contributed by atoms with Gasteiger partial charge in [-0.3, -0.25) is 4.79 Å². The lowest BCUT2D eigenvalue weighted by Crippen LogP contribution is -2.45. The molecule has 0 aliphatic heterocycles. The summed E-state index contributed by atoms with van der Waals surface area (Å²) < 4.78 is 24.8. The number of benzene rings is 1. The van der Waals surface area contributed by atoms with E-state index in [4.69, 9.17) is 23.2 Å². The second-order valence-corrected chi connectivity index (χ2v) is 7.47. The molecule has 8 heteroatoms. The average Bonchev–Trinajstić information content (AvgIpc) is 2.26. The van der Waals surface area contributed by atoms with Gasteiger partial charge in [0.1, 0.15) is 5.75 Å². The van der Waals surface area contributed by atoms with E-state index in [1.54, 1.807) is 32.0 Å². The number of hydrogen-bond donors (Lipinski definition) is 2. The first kappa shape index (κ1) is 17.2. The standard InChI is InChI=1S/C12H16Cl2N2O3S/c1-12(2,11-8(13)5-4-6-9(11)14)16-10(17)7-20(18,19)15-3/h4-6,15H,7H2,1-3H3,(H,16,17). The Hall–Kier alpha value is -0.820. The van der Waals surface area contributed by atoms with E-state index in [1.165, 1.54) is 7.05 Å². The van der Waals surface area contributed by atoms with Crippen molar-refractivity contribution in [2.45, 2.75) is 19.4 Å². The van der Waals surface area contributed by atoms with E-state index in [9.17, 15) is 13.2 Å². The Morgan fingerprint density at radius 2 is 1.75 bits per heavy atom. The highest BCUT2D eigenvalue weighted by Crippen LogP contribution is 2.33. The monoisotopic (exact) mass is 338 g/mol. The third-order valence-corrected chi connectivity index (χ3v) is 4.57. The van der Waals surface area contributed by atoms with Gasteiger partial charge in [0.15, 0.2) is 0 Å². The van der Waals surface area contributed by atoms with E-state index in [0.717, 1.165) is 0 Å². The van der Waals surface area contributed by atoms with Crippen molar-refractivity contribution >= 4 is 39.1 Å². The van der Waals surface area contributed by atoms with Gasteiger partial charge in [0.25, 0.3) is 0 Å². The van der Waals surface area contributed by atoms with Crippen molar-refractivity contribution in [3.63, 3.8) is 0 Å². The fraction of sp³-hybridized carbons (Fsp3) is 0.417. The minimum absolute atomic E-state index is 0.402. The summed E-state index contributed by atoms with van der Waals surface area (Å²) in [5.74, 6) is -1.30. The van der Waals surface area contributed by atoms with Crippen LogP contribution in [-0.4, -0.2) is 27.1 Å². The van der Waals surface area contributed by atoms with Crippen LogP contribution in [0.1, 0.15) is 19.4 Å². The zero-order valence-corrected chi connectivity index (χ0v) is 13.7. The first-order valence-electron chi connectivity index (χ1n) is 5.76. The number of hydrogen-bond acceptors (Lipinski definition) is 3. The summed E-state index contributed by atoms with van der Waals surface area (Å²) in [6, 6.07) is 5.00. The molecule has 1 aromatic rings. The Morgan fingerprint density at radius 1 is 1.25 bits per heavy atom. The van der Waals surface area contributed by atoms with Crippen molar-refractivity contribution in [3.05, 3.63) is 33.8 Å². The third-order valence-electron chi connectivity index (χ3n) is 2.67. The van der Waals surface area contributed by atoms with Crippen LogP contribution in [0.3, 0.4) is 0 Å². The average molecular weight is 339 g/mol. The summed E-state index contributed by atoms with van der Waals surface area (Å²) in [4.78, 5) is 11.8. The van der Waals surface area contributed by atoms with Crippen LogP contribution in [0.2, 0.25) is 10.0 Å². The molecule has 0 saturated carbocycles. The van der Waals surface area contributed by atoms with Crippen molar-refractivity contribution in [2.75, 3.05) is 12.8 Å². The summed E-state index contributed by atoms with van der Waals surface area (Å²) in [6.45, 7) is 3.40. The van der Waals surface area contributed by atoms with E-state index >= 15 is 0 Å². The second kappa shape index (κ2) is 6.30. The van der Waals surface area contributed by atoms with Gasteiger partial charge in [0.05, 0.1) is 5.54 Å². The molecule has 0 aliphatic carbocycles. The fourth-order valence-electron chi connectivity index (χ4n) is 1.79. The Labute approximate surface area is 128 Å². The number of rotatable bonds is 5. The van der Waals surface area contributed by atoms with Gasteiger partial charge in [-0.05, 0) is 33.0 Å². The summed E-state index contributed by atoms with van der Waals surface area (Å²) in [7, 11) is -2.37. The summed E-state index contributed by atoms with van der Waals surface area (Å²) in [5, 5.41) is 3.42. The fourth-order valence-corrected chi connectivity index (χ4v) is 3.22. The SMILES string of the molecule is CNS(=O)(=O)CC(=O)NC(C)(C)c1c(Cl)cccc1Cl. The molecule has 0 saturated heterocycles. The molecule has 2 N–H and O–H groups in total. The van der Waals surface area contributed by atoms with Crippen LogP contribution in [0.4, 0.5) is 0 Å². The number of sulfonamides is 1. The molecule has 112 valence electrons. The highest BCUT2D eigenvalue weighted by Gasteiger charge is 2.29. The molecule has 5 nitrogen and oxygen atoms in total. The molecule has 0 aromatic heterocycles. The molecular weight excluding hydrogens is 323 g/mol. The zero-order chi connectivity index (χ0) is 15.6. The molecule has 0 radical (unpaired) electrons. The van der Waals surface area contributed by atoms with Crippen molar-refractivity contribution < 1.29 is 13.2 Å². The Kier molecular flexibility index (Phi) is 5.43. The van der Waals surface area contributed by atoms with E-state index in [2.05, 4.69) is 10.0 Å². The molecule has 0 spiro atoms. The maximum atomic E-state index is 11.8. The first-order chi connectivity index (χ1) is 9.09. The summed E-state index contributed by atoms with van der Waals surface area (Å²) in [6.07, 6.45) is 0. The number of halogens is 2. The third kappa shape index (κ3) is 4.34. The van der Waals surface area contributed by atoms with Gasteiger partial charge in [0, 0.05) is 15.6 Å². The molecular formula is C12H16Cl2N2O3S. The topological polar surface area (TPSA) is 75.3 Å². The maximum absolute atomic E-state index is 11.8. The number of carbonyl (C=O) groups is 1. The number of amides is 1. The van der Waals surface area contributed by atoms with Crippen molar-refractivity contribution in [1.82, 2.24) is 10.0 Å². The summed E-state index contributed by atoms with van der Waals surface area (Å²) >= 11 is 12.2. The Balaban J connectivity index is 2.98. The normalized spacial score (nSPS) is 12.2. The first-order valence-corrected chi connectivity index (χ1v) is 8.16. The predicted molar refractivity (Wildman–Crippen MR) is 80.5 cm³/mol. The molecule has 1 aromatic carbocycles.